The van der Waals surface area contributed by atoms with Crippen molar-refractivity contribution in [3.63, 3.8) is 0 Å². The summed E-state index contributed by atoms with van der Waals surface area (Å²) in [5, 5.41) is 23.9. The van der Waals surface area contributed by atoms with Gasteiger partial charge in [0.15, 0.2) is 0 Å². The molecule has 0 bridgehead atoms. The molecule has 2 atom stereocenters. The standard InChI is InChI=1S/C24H32N4O5/c1-16(2)13-19(15-22(30)28-33)23(31)27-21(14-18-7-10-25-11-8-18)24(32)26-12-9-17-3-5-20(29)6-4-17/h3-8,10-11,16,19,21,29,33H,9,12-15H2,1-2H3,(H,26,32)(H,27,31)(H,28,30)/t19-,21+/m1/s1. The number of nitrogens with one attached hydrogen (secondary N) is 3. The number of hydrogen-bond acceptors (Lipinski definition) is 6. The van der Waals surface area contributed by atoms with Crippen LogP contribution in [0.4, 0.5) is 0 Å². The van der Waals surface area contributed by atoms with Crippen molar-refractivity contribution < 1.29 is 24.7 Å². The van der Waals surface area contributed by atoms with E-state index in [-0.39, 0.29) is 30.4 Å². The lowest BCUT2D eigenvalue weighted by Crippen LogP contribution is -2.50. The number of carbonyl (C=O) groups is 3. The zero-order chi connectivity index (χ0) is 24.2. The topological polar surface area (TPSA) is 141 Å². The first-order chi connectivity index (χ1) is 15.8. The number of nitrogens with zero attached hydrogens (tertiary/aromatic N) is 1. The van der Waals surface area contributed by atoms with Crippen LogP contribution in [0.5, 0.6) is 5.75 Å². The quantitative estimate of drug-likeness (QED) is 0.243. The van der Waals surface area contributed by atoms with Gasteiger partial charge in [-0.1, -0.05) is 26.0 Å². The van der Waals surface area contributed by atoms with Crippen molar-refractivity contribution in [2.75, 3.05) is 6.54 Å². The number of phenolic OH excluding ortho intramolecular Hbond substituents is 1. The molecule has 5 N–H and O–H groups in total. The largest absolute Gasteiger partial charge is 0.508 e. The van der Waals surface area contributed by atoms with E-state index >= 15 is 0 Å². The highest BCUT2D eigenvalue weighted by Gasteiger charge is 2.28. The van der Waals surface area contributed by atoms with Gasteiger partial charge in [0, 0.05) is 37.7 Å². The highest BCUT2D eigenvalue weighted by molar-refractivity contribution is 5.90. The Morgan fingerprint density at radius 2 is 1.64 bits per heavy atom. The highest BCUT2D eigenvalue weighted by Crippen LogP contribution is 2.17. The van der Waals surface area contributed by atoms with E-state index in [9.17, 15) is 19.5 Å². The number of carbonyl (C=O) groups excluding carboxylic acids is 3. The fourth-order valence-electron chi connectivity index (χ4n) is 3.49. The molecule has 1 aromatic heterocycles. The molecule has 0 radical (unpaired) electrons. The first-order valence-electron chi connectivity index (χ1n) is 11.0. The summed E-state index contributed by atoms with van der Waals surface area (Å²) >= 11 is 0. The minimum atomic E-state index is -0.841. The fraction of sp³-hybridized carbons (Fsp3) is 0.417. The van der Waals surface area contributed by atoms with Crippen LogP contribution < -0.4 is 16.1 Å². The average Bonchev–Trinajstić information content (AvgIpc) is 2.79. The molecule has 9 heteroatoms. The van der Waals surface area contributed by atoms with E-state index in [1.165, 1.54) is 0 Å². The van der Waals surface area contributed by atoms with Crippen molar-refractivity contribution >= 4 is 17.7 Å². The van der Waals surface area contributed by atoms with E-state index in [1.807, 2.05) is 13.8 Å². The predicted octanol–water partition coefficient (Wildman–Crippen LogP) is 1.73. The van der Waals surface area contributed by atoms with Crippen LogP contribution in [0.1, 0.15) is 37.8 Å². The Morgan fingerprint density at radius 3 is 2.24 bits per heavy atom. The summed E-state index contributed by atoms with van der Waals surface area (Å²) < 4.78 is 0. The van der Waals surface area contributed by atoms with Crippen LogP contribution in [0.15, 0.2) is 48.8 Å². The van der Waals surface area contributed by atoms with Gasteiger partial charge in [-0.25, -0.2) is 5.48 Å². The maximum atomic E-state index is 13.0. The number of aromatic hydroxyl groups is 1. The molecule has 1 aromatic carbocycles. The van der Waals surface area contributed by atoms with Gasteiger partial charge in [-0.2, -0.15) is 0 Å². The lowest BCUT2D eigenvalue weighted by atomic mass is 9.92. The summed E-state index contributed by atoms with van der Waals surface area (Å²) in [6.07, 6.45) is 4.32. The molecule has 0 aliphatic heterocycles. The molecular formula is C24H32N4O5. The number of hydrogen-bond donors (Lipinski definition) is 5. The SMILES string of the molecule is CC(C)C[C@H](CC(=O)NO)C(=O)N[C@@H](Cc1ccncc1)C(=O)NCCc1ccc(O)cc1. The molecular weight excluding hydrogens is 424 g/mol. The highest BCUT2D eigenvalue weighted by atomic mass is 16.5. The molecule has 3 amide bonds. The lowest BCUT2D eigenvalue weighted by molar-refractivity contribution is -0.136. The molecule has 9 nitrogen and oxygen atoms in total. The first-order valence-corrected chi connectivity index (χ1v) is 11.0. The van der Waals surface area contributed by atoms with Crippen LogP contribution in [-0.2, 0) is 27.2 Å². The van der Waals surface area contributed by atoms with E-state index in [4.69, 9.17) is 5.21 Å². The normalized spacial score (nSPS) is 12.6. The zero-order valence-corrected chi connectivity index (χ0v) is 19.0. The van der Waals surface area contributed by atoms with Crippen molar-refractivity contribution in [3.8, 4) is 5.75 Å². The Kier molecular flexibility index (Phi) is 10.3. The van der Waals surface area contributed by atoms with Crippen molar-refractivity contribution in [1.82, 2.24) is 21.1 Å². The first kappa shape index (κ1) is 25.8. The van der Waals surface area contributed by atoms with Crippen molar-refractivity contribution in [1.29, 1.82) is 0 Å². The third kappa shape index (κ3) is 9.28. The maximum absolute atomic E-state index is 13.0. The smallest absolute Gasteiger partial charge is 0.244 e. The van der Waals surface area contributed by atoms with E-state index in [2.05, 4.69) is 15.6 Å². The van der Waals surface area contributed by atoms with Gasteiger partial charge in [-0.3, -0.25) is 24.6 Å². The van der Waals surface area contributed by atoms with E-state index < -0.39 is 23.8 Å². The number of rotatable bonds is 12. The summed E-state index contributed by atoms with van der Waals surface area (Å²) in [4.78, 5) is 41.6. The number of amides is 3. The Balaban J connectivity index is 2.07. The van der Waals surface area contributed by atoms with Gasteiger partial charge in [0.05, 0.1) is 0 Å². The Morgan fingerprint density at radius 1 is 0.970 bits per heavy atom. The minimum Gasteiger partial charge on any atom is -0.508 e. The van der Waals surface area contributed by atoms with Crippen molar-refractivity contribution in [2.24, 2.45) is 11.8 Å². The van der Waals surface area contributed by atoms with E-state index in [0.29, 0.717) is 19.4 Å². The van der Waals surface area contributed by atoms with Gasteiger partial charge in [-0.05, 0) is 54.2 Å². The van der Waals surface area contributed by atoms with Crippen LogP contribution in [0.2, 0.25) is 0 Å². The molecule has 0 saturated heterocycles. The fourth-order valence-corrected chi connectivity index (χ4v) is 3.49. The second-order valence-corrected chi connectivity index (χ2v) is 8.39. The third-order valence-electron chi connectivity index (χ3n) is 5.15. The van der Waals surface area contributed by atoms with Crippen molar-refractivity contribution in [2.45, 2.75) is 45.6 Å². The molecule has 0 saturated carbocycles. The molecule has 2 aromatic rings. The number of phenols is 1. The molecule has 2 rings (SSSR count). The second-order valence-electron chi connectivity index (χ2n) is 8.39. The Hall–Kier alpha value is -3.46. The number of hydroxylamine groups is 1. The van der Waals surface area contributed by atoms with Crippen LogP contribution in [0, 0.1) is 11.8 Å². The summed E-state index contributed by atoms with van der Waals surface area (Å²) in [5.74, 6) is -1.77. The maximum Gasteiger partial charge on any atom is 0.244 e. The number of aromatic nitrogens is 1. The summed E-state index contributed by atoms with van der Waals surface area (Å²) in [6, 6.07) is 9.43. The molecule has 0 aliphatic rings. The molecule has 178 valence electrons. The van der Waals surface area contributed by atoms with Crippen LogP contribution in [0.25, 0.3) is 0 Å². The number of pyridine rings is 1. The van der Waals surface area contributed by atoms with Crippen LogP contribution >= 0.6 is 0 Å². The van der Waals surface area contributed by atoms with E-state index in [0.717, 1.165) is 11.1 Å². The number of benzene rings is 1. The summed E-state index contributed by atoms with van der Waals surface area (Å²) in [7, 11) is 0. The van der Waals surface area contributed by atoms with Gasteiger partial charge in [0.2, 0.25) is 17.7 Å². The lowest BCUT2D eigenvalue weighted by Gasteiger charge is -2.23. The van der Waals surface area contributed by atoms with Crippen molar-refractivity contribution in [3.05, 3.63) is 59.9 Å². The zero-order valence-electron chi connectivity index (χ0n) is 19.0. The molecule has 0 unspecified atom stereocenters. The minimum absolute atomic E-state index is 0.144. The molecule has 1 heterocycles. The Labute approximate surface area is 193 Å². The molecule has 0 fully saturated rings. The molecule has 0 spiro atoms. The summed E-state index contributed by atoms with van der Waals surface area (Å²) in [5.41, 5.74) is 3.35. The summed E-state index contributed by atoms with van der Waals surface area (Å²) in [6.45, 7) is 4.22. The van der Waals surface area contributed by atoms with Gasteiger partial charge in [-0.15, -0.1) is 0 Å². The van der Waals surface area contributed by atoms with E-state index in [1.54, 1.807) is 54.3 Å². The average molecular weight is 457 g/mol. The Bertz CT molecular complexity index is 903. The third-order valence-corrected chi connectivity index (χ3v) is 5.15. The molecule has 33 heavy (non-hydrogen) atoms. The van der Waals surface area contributed by atoms with Gasteiger partial charge < -0.3 is 15.7 Å². The second kappa shape index (κ2) is 13.2. The monoisotopic (exact) mass is 456 g/mol. The van der Waals surface area contributed by atoms with Gasteiger partial charge >= 0.3 is 0 Å². The predicted molar refractivity (Wildman–Crippen MR) is 122 cm³/mol. The van der Waals surface area contributed by atoms with Gasteiger partial charge in [0.25, 0.3) is 0 Å². The van der Waals surface area contributed by atoms with Gasteiger partial charge in [0.1, 0.15) is 11.8 Å². The van der Waals surface area contributed by atoms with Crippen LogP contribution in [0.3, 0.4) is 0 Å². The molecule has 0 aliphatic carbocycles. The van der Waals surface area contributed by atoms with Crippen LogP contribution in [-0.4, -0.2) is 45.6 Å².